The van der Waals surface area contributed by atoms with E-state index in [0.717, 1.165) is 16.7 Å². The number of aromatic nitrogens is 1. The number of aliphatic hydroxyl groups excluding tert-OH is 1. The molecule has 8 heteroatoms. The van der Waals surface area contributed by atoms with Crippen molar-refractivity contribution < 1.29 is 19.4 Å². The fourth-order valence-corrected chi connectivity index (χ4v) is 4.13. The first-order valence-electron chi connectivity index (χ1n) is 11.7. The second-order valence-corrected chi connectivity index (χ2v) is 9.53. The molecule has 8 nitrogen and oxygen atoms in total. The van der Waals surface area contributed by atoms with E-state index in [9.17, 15) is 14.7 Å². The van der Waals surface area contributed by atoms with Crippen LogP contribution in [0.3, 0.4) is 0 Å². The van der Waals surface area contributed by atoms with E-state index in [4.69, 9.17) is 4.74 Å². The Hall–Kier alpha value is -2.97. The number of ether oxygens (including phenoxy) is 1. The summed E-state index contributed by atoms with van der Waals surface area (Å²) in [5.41, 5.74) is 3.26. The molecule has 184 valence electrons. The van der Waals surface area contributed by atoms with Crippen LogP contribution in [0, 0.1) is 12.8 Å². The Bertz CT molecular complexity index is 1030. The molecule has 0 saturated heterocycles. The minimum atomic E-state index is -0.367. The SMILES string of the molecule is Cc1ccccc1-c1cnc2c(c1)C(=O)N([C@@H](C)CO)C[C@@H](C)[C@H](CN(C)C(=O)CN(C)C)O2. The van der Waals surface area contributed by atoms with Crippen LogP contribution < -0.4 is 4.74 Å². The zero-order valence-corrected chi connectivity index (χ0v) is 21.0. The first kappa shape index (κ1) is 25.6. The van der Waals surface area contributed by atoms with Gasteiger partial charge < -0.3 is 24.5 Å². The van der Waals surface area contributed by atoms with E-state index in [1.165, 1.54) is 0 Å². The molecule has 0 radical (unpaired) electrons. The molecule has 1 aromatic heterocycles. The summed E-state index contributed by atoms with van der Waals surface area (Å²) in [5, 5.41) is 9.84. The van der Waals surface area contributed by atoms with Gasteiger partial charge in [-0.05, 0) is 45.1 Å². The van der Waals surface area contributed by atoms with Gasteiger partial charge in [-0.2, -0.15) is 0 Å². The zero-order chi connectivity index (χ0) is 25.0. The van der Waals surface area contributed by atoms with Gasteiger partial charge in [-0.25, -0.2) is 4.98 Å². The summed E-state index contributed by atoms with van der Waals surface area (Å²) >= 11 is 0. The highest BCUT2D eigenvalue weighted by atomic mass is 16.5. The van der Waals surface area contributed by atoms with Crippen LogP contribution in [-0.2, 0) is 4.79 Å². The highest BCUT2D eigenvalue weighted by Gasteiger charge is 2.34. The third-order valence-electron chi connectivity index (χ3n) is 6.31. The average Bonchev–Trinajstić information content (AvgIpc) is 2.80. The molecular weight excluding hydrogens is 432 g/mol. The smallest absolute Gasteiger partial charge is 0.259 e. The van der Waals surface area contributed by atoms with Gasteiger partial charge in [0, 0.05) is 31.3 Å². The number of nitrogens with zero attached hydrogens (tertiary/aromatic N) is 4. The molecule has 1 aliphatic heterocycles. The Kier molecular flexibility index (Phi) is 8.28. The quantitative estimate of drug-likeness (QED) is 0.671. The van der Waals surface area contributed by atoms with Gasteiger partial charge in [-0.1, -0.05) is 31.2 Å². The molecule has 2 aromatic rings. The minimum Gasteiger partial charge on any atom is -0.472 e. The van der Waals surface area contributed by atoms with Crippen molar-refractivity contribution in [2.75, 3.05) is 47.4 Å². The van der Waals surface area contributed by atoms with E-state index in [0.29, 0.717) is 25.2 Å². The number of amides is 2. The van der Waals surface area contributed by atoms with E-state index in [1.807, 2.05) is 70.1 Å². The van der Waals surface area contributed by atoms with Gasteiger partial charge in [-0.15, -0.1) is 0 Å². The Morgan fingerprint density at radius 1 is 1.26 bits per heavy atom. The van der Waals surface area contributed by atoms with Crippen molar-refractivity contribution in [2.24, 2.45) is 5.92 Å². The highest BCUT2D eigenvalue weighted by Crippen LogP contribution is 2.31. The Morgan fingerprint density at radius 2 is 1.97 bits per heavy atom. The first-order valence-corrected chi connectivity index (χ1v) is 11.7. The lowest BCUT2D eigenvalue weighted by atomic mass is 9.98. The highest BCUT2D eigenvalue weighted by molar-refractivity contribution is 5.98. The predicted molar refractivity (Wildman–Crippen MR) is 132 cm³/mol. The van der Waals surface area contributed by atoms with E-state index in [2.05, 4.69) is 4.98 Å². The van der Waals surface area contributed by atoms with Crippen molar-refractivity contribution in [2.45, 2.75) is 32.9 Å². The van der Waals surface area contributed by atoms with Crippen LogP contribution in [0.5, 0.6) is 5.88 Å². The second-order valence-electron chi connectivity index (χ2n) is 9.53. The number of carbonyl (C=O) groups is 2. The summed E-state index contributed by atoms with van der Waals surface area (Å²) in [5.74, 6) is -0.0644. The Morgan fingerprint density at radius 3 is 2.62 bits per heavy atom. The van der Waals surface area contributed by atoms with Gasteiger partial charge in [-0.3, -0.25) is 9.59 Å². The minimum absolute atomic E-state index is 0.0115. The molecule has 34 heavy (non-hydrogen) atoms. The maximum absolute atomic E-state index is 13.6. The number of rotatable bonds is 7. The molecule has 1 N–H and O–H groups in total. The van der Waals surface area contributed by atoms with Crippen molar-refractivity contribution in [1.29, 1.82) is 0 Å². The van der Waals surface area contributed by atoms with E-state index >= 15 is 0 Å². The van der Waals surface area contributed by atoms with Gasteiger partial charge in [0.1, 0.15) is 11.7 Å². The summed E-state index contributed by atoms with van der Waals surface area (Å²) in [7, 11) is 5.47. The monoisotopic (exact) mass is 468 g/mol. The molecule has 1 aliphatic rings. The van der Waals surface area contributed by atoms with Crippen LogP contribution in [0.25, 0.3) is 11.1 Å². The molecule has 3 rings (SSSR count). The fourth-order valence-electron chi connectivity index (χ4n) is 4.13. The van der Waals surface area contributed by atoms with Crippen molar-refractivity contribution >= 4 is 11.8 Å². The van der Waals surface area contributed by atoms with Gasteiger partial charge >= 0.3 is 0 Å². The first-order chi connectivity index (χ1) is 16.1. The fraction of sp³-hybridized carbons (Fsp3) is 0.500. The van der Waals surface area contributed by atoms with Crippen LogP contribution in [0.2, 0.25) is 0 Å². The van der Waals surface area contributed by atoms with Crippen molar-refractivity contribution in [3.8, 4) is 17.0 Å². The van der Waals surface area contributed by atoms with Crippen molar-refractivity contribution in [3.05, 3.63) is 47.7 Å². The number of fused-ring (bicyclic) bond motifs is 1. The molecule has 0 bridgehead atoms. The number of likely N-dealkylation sites (N-methyl/N-ethyl adjacent to an activating group) is 2. The summed E-state index contributed by atoms with van der Waals surface area (Å²) in [4.78, 5) is 35.9. The zero-order valence-electron chi connectivity index (χ0n) is 21.0. The molecule has 0 unspecified atom stereocenters. The van der Waals surface area contributed by atoms with Crippen LogP contribution in [0.1, 0.15) is 29.8 Å². The molecule has 0 saturated carbocycles. The van der Waals surface area contributed by atoms with Crippen LogP contribution >= 0.6 is 0 Å². The topological polar surface area (TPSA) is 86.2 Å². The number of aliphatic hydroxyl groups is 1. The third kappa shape index (κ3) is 5.74. The predicted octanol–water partition coefficient (Wildman–Crippen LogP) is 2.30. The van der Waals surface area contributed by atoms with Gasteiger partial charge in [0.2, 0.25) is 11.8 Å². The second kappa shape index (κ2) is 11.0. The lowest BCUT2D eigenvalue weighted by Crippen LogP contribution is -2.51. The molecule has 0 spiro atoms. The molecular formula is C26H36N4O4. The summed E-state index contributed by atoms with van der Waals surface area (Å²) in [6.07, 6.45) is 1.35. The lowest BCUT2D eigenvalue weighted by Gasteiger charge is -2.37. The largest absolute Gasteiger partial charge is 0.472 e. The van der Waals surface area contributed by atoms with Gasteiger partial charge in [0.25, 0.3) is 5.91 Å². The molecule has 3 atom stereocenters. The Labute approximate surface area is 202 Å². The van der Waals surface area contributed by atoms with E-state index in [1.54, 1.807) is 23.0 Å². The van der Waals surface area contributed by atoms with E-state index in [-0.39, 0.29) is 42.4 Å². The maximum atomic E-state index is 13.6. The number of pyridine rings is 1. The van der Waals surface area contributed by atoms with Crippen molar-refractivity contribution in [1.82, 2.24) is 19.7 Å². The van der Waals surface area contributed by atoms with Crippen molar-refractivity contribution in [3.63, 3.8) is 0 Å². The summed E-state index contributed by atoms with van der Waals surface area (Å²) in [6.45, 7) is 6.75. The number of hydrogen-bond donors (Lipinski definition) is 1. The molecule has 2 heterocycles. The normalized spacial score (nSPS) is 19.2. The molecule has 1 aromatic carbocycles. The standard InChI is InChI=1S/C26H36N4O4/c1-17-9-7-8-10-21(17)20-11-22-25(27-12-20)34-23(14-29(6)24(32)15-28(4)5)18(2)13-30(26(22)33)19(3)16-31/h7-12,18-19,23,31H,13-16H2,1-6H3/t18-,19+,23+/m1/s1. The molecule has 0 fully saturated rings. The number of carbonyl (C=O) groups excluding carboxylic acids is 2. The maximum Gasteiger partial charge on any atom is 0.259 e. The number of hydrogen-bond acceptors (Lipinski definition) is 6. The van der Waals surface area contributed by atoms with E-state index < -0.39 is 0 Å². The molecule has 2 amide bonds. The van der Waals surface area contributed by atoms with Gasteiger partial charge in [0.15, 0.2) is 0 Å². The van der Waals surface area contributed by atoms with Gasteiger partial charge in [0.05, 0.1) is 25.7 Å². The van der Waals surface area contributed by atoms with Crippen LogP contribution in [-0.4, -0.2) is 96.1 Å². The number of benzene rings is 1. The summed E-state index contributed by atoms with van der Waals surface area (Å²) < 4.78 is 6.30. The summed E-state index contributed by atoms with van der Waals surface area (Å²) in [6, 6.07) is 9.39. The Balaban J connectivity index is 2.00. The van der Waals surface area contributed by atoms with Crippen LogP contribution in [0.4, 0.5) is 0 Å². The number of aryl methyl sites for hydroxylation is 1. The lowest BCUT2D eigenvalue weighted by molar-refractivity contribution is -0.132. The molecule has 0 aliphatic carbocycles. The average molecular weight is 469 g/mol. The third-order valence-corrected chi connectivity index (χ3v) is 6.31. The van der Waals surface area contributed by atoms with Crippen LogP contribution in [0.15, 0.2) is 36.5 Å².